The van der Waals surface area contributed by atoms with Crippen molar-refractivity contribution in [3.05, 3.63) is 78.4 Å². The minimum Gasteiger partial charge on any atom is -0.440 e. The predicted molar refractivity (Wildman–Crippen MR) is 105 cm³/mol. The summed E-state index contributed by atoms with van der Waals surface area (Å²) in [5.74, 6) is 6.20. The fraction of sp³-hybridized carbons (Fsp3) is 0.150. The van der Waals surface area contributed by atoms with Crippen molar-refractivity contribution in [1.82, 2.24) is 9.97 Å². The highest BCUT2D eigenvalue weighted by Gasteiger charge is 2.20. The Morgan fingerprint density at radius 1 is 1.33 bits per heavy atom. The SMILES string of the molecule is C=C(O/C(=N\N)c1nc(-c2ccccc2CO)cnc1N)C1C=CC=CC1. The number of hydrogen-bond donors (Lipinski definition) is 3. The van der Waals surface area contributed by atoms with Crippen LogP contribution in [-0.4, -0.2) is 21.0 Å². The van der Waals surface area contributed by atoms with Gasteiger partial charge in [0.1, 0.15) is 5.76 Å². The molecule has 5 N–H and O–H groups in total. The van der Waals surface area contributed by atoms with Gasteiger partial charge in [0.15, 0.2) is 11.5 Å². The van der Waals surface area contributed by atoms with E-state index < -0.39 is 0 Å². The summed E-state index contributed by atoms with van der Waals surface area (Å²) in [5.41, 5.74) is 8.18. The second kappa shape index (κ2) is 8.29. The molecule has 0 fully saturated rings. The van der Waals surface area contributed by atoms with Crippen molar-refractivity contribution >= 4 is 11.7 Å². The standard InChI is InChI=1S/C20H21N5O2/c1-13(14-7-3-2-4-8-14)27-20(25-22)18-19(21)23-11-17(24-18)16-10-6-5-9-15(16)12-26/h2-7,9-11,14,26H,1,8,12,22H2,(H2,21,23)/b25-20-. The van der Waals surface area contributed by atoms with Crippen molar-refractivity contribution in [2.75, 3.05) is 5.73 Å². The Morgan fingerprint density at radius 3 is 2.85 bits per heavy atom. The lowest BCUT2D eigenvalue weighted by molar-refractivity contribution is 0.282. The number of aliphatic hydroxyl groups is 1. The first-order valence-electron chi connectivity index (χ1n) is 8.44. The summed E-state index contributed by atoms with van der Waals surface area (Å²) in [5, 5.41) is 13.2. The predicted octanol–water partition coefficient (Wildman–Crippen LogP) is 2.50. The van der Waals surface area contributed by atoms with E-state index in [0.29, 0.717) is 11.5 Å². The Bertz CT molecular complexity index is 934. The number of hydrazone groups is 1. The minimum atomic E-state index is -0.121. The van der Waals surface area contributed by atoms with Crippen LogP contribution in [0.1, 0.15) is 17.7 Å². The molecule has 1 aliphatic carbocycles. The largest absolute Gasteiger partial charge is 0.440 e. The summed E-state index contributed by atoms with van der Waals surface area (Å²) in [6.07, 6.45) is 10.2. The zero-order valence-corrected chi connectivity index (χ0v) is 14.7. The van der Waals surface area contributed by atoms with Crippen LogP contribution in [0.4, 0.5) is 5.82 Å². The summed E-state index contributed by atoms with van der Waals surface area (Å²) >= 11 is 0. The van der Waals surface area contributed by atoms with Gasteiger partial charge in [-0.15, -0.1) is 5.10 Å². The molecule has 7 nitrogen and oxygen atoms in total. The monoisotopic (exact) mass is 363 g/mol. The molecule has 1 aliphatic rings. The molecule has 27 heavy (non-hydrogen) atoms. The molecule has 0 spiro atoms. The van der Waals surface area contributed by atoms with Gasteiger partial charge < -0.3 is 21.4 Å². The normalized spacial score (nSPS) is 16.3. The van der Waals surface area contributed by atoms with Gasteiger partial charge in [-0.2, -0.15) is 0 Å². The van der Waals surface area contributed by atoms with E-state index in [1.54, 1.807) is 0 Å². The van der Waals surface area contributed by atoms with Crippen molar-refractivity contribution in [3.8, 4) is 11.3 Å². The molecule has 0 aliphatic heterocycles. The smallest absolute Gasteiger partial charge is 0.265 e. The summed E-state index contributed by atoms with van der Waals surface area (Å²) in [6, 6.07) is 7.35. The van der Waals surface area contributed by atoms with Crippen LogP contribution in [0.15, 0.2) is 72.2 Å². The molecule has 1 aromatic carbocycles. The van der Waals surface area contributed by atoms with E-state index in [9.17, 15) is 5.11 Å². The van der Waals surface area contributed by atoms with Crippen molar-refractivity contribution < 1.29 is 9.84 Å². The number of ether oxygens (including phenoxy) is 1. The Kier molecular flexibility index (Phi) is 5.63. The highest BCUT2D eigenvalue weighted by Crippen LogP contribution is 2.25. The fourth-order valence-electron chi connectivity index (χ4n) is 2.75. The van der Waals surface area contributed by atoms with Crippen molar-refractivity contribution in [2.24, 2.45) is 16.9 Å². The lowest BCUT2D eigenvalue weighted by atomic mass is 9.99. The van der Waals surface area contributed by atoms with Crippen LogP contribution in [0.3, 0.4) is 0 Å². The third kappa shape index (κ3) is 4.04. The third-order valence-corrected chi connectivity index (χ3v) is 4.21. The fourth-order valence-corrected chi connectivity index (χ4v) is 2.75. The number of nitrogens with two attached hydrogens (primary N) is 2. The van der Waals surface area contributed by atoms with Gasteiger partial charge in [-0.1, -0.05) is 55.1 Å². The van der Waals surface area contributed by atoms with Gasteiger partial charge in [-0.25, -0.2) is 9.97 Å². The number of nitrogen functional groups attached to an aromatic ring is 1. The average Bonchev–Trinajstić information content (AvgIpc) is 2.73. The molecule has 0 radical (unpaired) electrons. The van der Waals surface area contributed by atoms with Crippen LogP contribution in [0.5, 0.6) is 0 Å². The Hall–Kier alpha value is -3.45. The second-order valence-corrected chi connectivity index (χ2v) is 5.96. The van der Waals surface area contributed by atoms with E-state index >= 15 is 0 Å². The van der Waals surface area contributed by atoms with Crippen molar-refractivity contribution in [3.63, 3.8) is 0 Å². The Labute approximate surface area is 157 Å². The molecule has 0 saturated heterocycles. The molecule has 0 saturated carbocycles. The highest BCUT2D eigenvalue weighted by molar-refractivity contribution is 5.97. The molecule has 1 atom stereocenters. The van der Waals surface area contributed by atoms with Gasteiger partial charge in [0.2, 0.25) is 0 Å². The van der Waals surface area contributed by atoms with Crippen LogP contribution in [-0.2, 0) is 11.3 Å². The number of rotatable bonds is 5. The first-order valence-corrected chi connectivity index (χ1v) is 8.44. The molecule has 1 unspecified atom stereocenters. The number of hydrogen-bond acceptors (Lipinski definition) is 7. The maximum absolute atomic E-state index is 9.56. The van der Waals surface area contributed by atoms with Gasteiger partial charge in [-0.3, -0.25) is 0 Å². The van der Waals surface area contributed by atoms with Crippen LogP contribution in [0.25, 0.3) is 11.3 Å². The quantitative estimate of drug-likeness (QED) is 0.247. The van der Waals surface area contributed by atoms with Gasteiger partial charge in [0.25, 0.3) is 5.90 Å². The molecule has 1 heterocycles. The molecule has 3 rings (SSSR count). The summed E-state index contributed by atoms with van der Waals surface area (Å²) in [6.45, 7) is 3.84. The third-order valence-electron chi connectivity index (χ3n) is 4.21. The number of nitrogens with zero attached hydrogens (tertiary/aromatic N) is 3. The van der Waals surface area contributed by atoms with E-state index in [-0.39, 0.29) is 29.9 Å². The molecule has 0 bridgehead atoms. The van der Waals surface area contributed by atoms with Crippen LogP contribution in [0, 0.1) is 5.92 Å². The molecular weight excluding hydrogens is 342 g/mol. The number of aliphatic hydroxyl groups excluding tert-OH is 1. The van der Waals surface area contributed by atoms with Crippen molar-refractivity contribution in [2.45, 2.75) is 13.0 Å². The number of benzene rings is 1. The van der Waals surface area contributed by atoms with Gasteiger partial charge in [0.05, 0.1) is 18.5 Å². The number of allylic oxidation sites excluding steroid dienone is 4. The molecular formula is C20H21N5O2. The Morgan fingerprint density at radius 2 is 2.15 bits per heavy atom. The topological polar surface area (TPSA) is 120 Å². The molecule has 2 aromatic rings. The van der Waals surface area contributed by atoms with Gasteiger partial charge in [-0.05, 0) is 12.0 Å². The van der Waals surface area contributed by atoms with E-state index in [1.165, 1.54) is 6.20 Å². The van der Waals surface area contributed by atoms with Crippen molar-refractivity contribution in [1.29, 1.82) is 0 Å². The van der Waals surface area contributed by atoms with E-state index in [0.717, 1.165) is 17.5 Å². The van der Waals surface area contributed by atoms with E-state index in [1.807, 2.05) is 48.6 Å². The van der Waals surface area contributed by atoms with Gasteiger partial charge in [0, 0.05) is 11.5 Å². The second-order valence-electron chi connectivity index (χ2n) is 5.96. The minimum absolute atomic E-state index is 0.0132. The van der Waals surface area contributed by atoms with E-state index in [4.69, 9.17) is 16.3 Å². The molecule has 138 valence electrons. The van der Waals surface area contributed by atoms with Crippen LogP contribution >= 0.6 is 0 Å². The lowest BCUT2D eigenvalue weighted by Gasteiger charge is -2.18. The molecule has 7 heteroatoms. The van der Waals surface area contributed by atoms with Crippen LogP contribution in [0.2, 0.25) is 0 Å². The summed E-state index contributed by atoms with van der Waals surface area (Å²) < 4.78 is 5.77. The van der Waals surface area contributed by atoms with Crippen LogP contribution < -0.4 is 11.6 Å². The maximum atomic E-state index is 9.56. The first kappa shape index (κ1) is 18.3. The lowest BCUT2D eigenvalue weighted by Crippen LogP contribution is -2.17. The Balaban J connectivity index is 1.91. The maximum Gasteiger partial charge on any atom is 0.265 e. The zero-order chi connectivity index (χ0) is 19.2. The molecule has 0 amide bonds. The average molecular weight is 363 g/mol. The summed E-state index contributed by atoms with van der Waals surface area (Å²) in [4.78, 5) is 8.69. The van der Waals surface area contributed by atoms with E-state index in [2.05, 4.69) is 21.6 Å². The summed E-state index contributed by atoms with van der Waals surface area (Å²) in [7, 11) is 0. The van der Waals surface area contributed by atoms with Gasteiger partial charge >= 0.3 is 0 Å². The number of aromatic nitrogens is 2. The number of anilines is 1. The highest BCUT2D eigenvalue weighted by atomic mass is 16.5. The molecule has 1 aromatic heterocycles. The zero-order valence-electron chi connectivity index (χ0n) is 14.7. The first-order chi connectivity index (χ1) is 13.1.